The number of rotatable bonds is 1. The summed E-state index contributed by atoms with van der Waals surface area (Å²) < 4.78 is 24.6. The molecular weight excluding hydrogens is 375 g/mol. The molecule has 30 heavy (non-hydrogen) atoms. The van der Waals surface area contributed by atoms with Crippen LogP contribution in [0.1, 0.15) is 58.2 Å². The number of ether oxygens (including phenoxy) is 2. The van der Waals surface area contributed by atoms with E-state index < -0.39 is 0 Å². The molecule has 1 saturated heterocycles. The Hall–Kier alpha value is -2.24. The van der Waals surface area contributed by atoms with Crippen molar-refractivity contribution in [1.82, 2.24) is 0 Å². The van der Waals surface area contributed by atoms with Gasteiger partial charge in [-0.1, -0.05) is 38.1 Å². The Balaban J connectivity index is 0.00000106. The van der Waals surface area contributed by atoms with Gasteiger partial charge in [0.05, 0.1) is 11.2 Å². The van der Waals surface area contributed by atoms with Crippen LogP contribution in [-0.2, 0) is 9.31 Å². The van der Waals surface area contributed by atoms with Crippen LogP contribution in [0.3, 0.4) is 0 Å². The Kier molecular flexibility index (Phi) is 5.23. The molecule has 0 unspecified atom stereocenters. The molecule has 158 valence electrons. The minimum absolute atomic E-state index is 0.358. The molecule has 3 aliphatic rings. The predicted molar refractivity (Wildman–Crippen MR) is 122 cm³/mol. The Labute approximate surface area is 180 Å². The number of aryl methyl sites for hydroxylation is 1. The molecule has 5 rings (SSSR count). The fourth-order valence-electron chi connectivity index (χ4n) is 3.99. The first-order chi connectivity index (χ1) is 14.2. The second-order valence-electron chi connectivity index (χ2n) is 8.88. The van der Waals surface area contributed by atoms with Crippen molar-refractivity contribution in [2.75, 3.05) is 13.2 Å². The molecule has 0 aromatic heterocycles. The number of benzene rings is 2. The van der Waals surface area contributed by atoms with Crippen molar-refractivity contribution in [3.05, 3.63) is 53.1 Å². The van der Waals surface area contributed by atoms with E-state index in [1.54, 1.807) is 0 Å². The standard InChI is InChI=1S/C23H25BO4.C2H6/c1-14-6-8-16-18-13-26-21-11-15(24-27-22(2,3)23(4,5)28-24)7-9-17(21)19(18)12-25-20(16)10-14;1-2/h6-11H,12-13H2,1-5H3;1-2H3. The van der Waals surface area contributed by atoms with Crippen LogP contribution in [-0.4, -0.2) is 31.5 Å². The normalized spacial score (nSPS) is 20.2. The molecule has 0 amide bonds. The molecule has 0 atom stereocenters. The van der Waals surface area contributed by atoms with Crippen LogP contribution in [0, 0.1) is 6.92 Å². The molecule has 0 radical (unpaired) electrons. The SMILES string of the molecule is CC.Cc1ccc2c(c1)OCC1=C2COc2cc(B3OC(C)(C)C(C)(C)O3)ccc21. The van der Waals surface area contributed by atoms with E-state index in [4.69, 9.17) is 18.8 Å². The zero-order valence-electron chi connectivity index (χ0n) is 19.1. The molecule has 4 nitrogen and oxygen atoms in total. The zero-order chi connectivity index (χ0) is 21.7. The summed E-state index contributed by atoms with van der Waals surface area (Å²) >= 11 is 0. The van der Waals surface area contributed by atoms with Crippen LogP contribution in [0.15, 0.2) is 36.4 Å². The topological polar surface area (TPSA) is 36.9 Å². The van der Waals surface area contributed by atoms with E-state index in [-0.39, 0.29) is 18.3 Å². The third-order valence-corrected chi connectivity index (χ3v) is 6.43. The van der Waals surface area contributed by atoms with Crippen molar-refractivity contribution in [3.8, 4) is 11.5 Å². The number of hydrogen-bond donors (Lipinski definition) is 0. The number of fused-ring (bicyclic) bond motifs is 4. The molecule has 0 spiro atoms. The molecule has 2 aromatic rings. The summed E-state index contributed by atoms with van der Waals surface area (Å²) in [5.74, 6) is 1.81. The molecule has 2 aromatic carbocycles. The fraction of sp³-hybridized carbons (Fsp3) is 0.440. The highest BCUT2D eigenvalue weighted by atomic mass is 16.7. The van der Waals surface area contributed by atoms with Gasteiger partial charge in [0.25, 0.3) is 0 Å². The van der Waals surface area contributed by atoms with Gasteiger partial charge in [-0.3, -0.25) is 0 Å². The van der Waals surface area contributed by atoms with Gasteiger partial charge in [-0.2, -0.15) is 0 Å². The van der Waals surface area contributed by atoms with Crippen molar-refractivity contribution in [1.29, 1.82) is 0 Å². The maximum Gasteiger partial charge on any atom is 0.494 e. The fourth-order valence-corrected chi connectivity index (χ4v) is 3.99. The average Bonchev–Trinajstić information content (AvgIpc) is 2.95. The predicted octanol–water partition coefficient (Wildman–Crippen LogP) is 5.02. The maximum absolute atomic E-state index is 6.19. The van der Waals surface area contributed by atoms with E-state index in [1.165, 1.54) is 16.7 Å². The molecule has 3 heterocycles. The van der Waals surface area contributed by atoms with Gasteiger partial charge in [-0.25, -0.2) is 0 Å². The lowest BCUT2D eigenvalue weighted by Crippen LogP contribution is -2.41. The van der Waals surface area contributed by atoms with Gasteiger partial charge < -0.3 is 18.8 Å². The van der Waals surface area contributed by atoms with E-state index in [1.807, 2.05) is 19.9 Å². The van der Waals surface area contributed by atoms with Crippen molar-refractivity contribution >= 4 is 23.7 Å². The Morgan fingerprint density at radius 2 is 1.23 bits per heavy atom. The monoisotopic (exact) mass is 406 g/mol. The number of hydrogen-bond acceptors (Lipinski definition) is 4. The maximum atomic E-state index is 6.19. The average molecular weight is 406 g/mol. The molecular formula is C25H31BO4. The molecule has 0 N–H and O–H groups in total. The third-order valence-electron chi connectivity index (χ3n) is 6.43. The minimum Gasteiger partial charge on any atom is -0.488 e. The second kappa shape index (κ2) is 7.47. The molecule has 1 fully saturated rings. The van der Waals surface area contributed by atoms with Gasteiger partial charge in [-0.05, 0) is 57.8 Å². The Morgan fingerprint density at radius 1 is 0.733 bits per heavy atom. The highest BCUT2D eigenvalue weighted by Crippen LogP contribution is 2.43. The van der Waals surface area contributed by atoms with Gasteiger partial charge >= 0.3 is 7.12 Å². The van der Waals surface area contributed by atoms with E-state index in [0.717, 1.165) is 28.1 Å². The quantitative estimate of drug-likeness (QED) is 0.624. The van der Waals surface area contributed by atoms with Crippen LogP contribution >= 0.6 is 0 Å². The van der Waals surface area contributed by atoms with Gasteiger partial charge in [-0.15, -0.1) is 0 Å². The van der Waals surface area contributed by atoms with Crippen LogP contribution in [0.25, 0.3) is 11.1 Å². The van der Waals surface area contributed by atoms with Crippen molar-refractivity contribution in [2.24, 2.45) is 0 Å². The Morgan fingerprint density at radius 3 is 1.80 bits per heavy atom. The van der Waals surface area contributed by atoms with Crippen LogP contribution in [0.5, 0.6) is 11.5 Å². The van der Waals surface area contributed by atoms with Crippen molar-refractivity contribution < 1.29 is 18.8 Å². The zero-order valence-corrected chi connectivity index (χ0v) is 19.1. The van der Waals surface area contributed by atoms with E-state index in [0.29, 0.717) is 13.2 Å². The minimum atomic E-state index is -0.388. The van der Waals surface area contributed by atoms with Crippen molar-refractivity contribution in [3.63, 3.8) is 0 Å². The lowest BCUT2D eigenvalue weighted by Gasteiger charge is -2.32. The first-order valence-electron chi connectivity index (χ1n) is 10.8. The van der Waals surface area contributed by atoms with Gasteiger partial charge in [0.1, 0.15) is 24.7 Å². The lowest BCUT2D eigenvalue weighted by atomic mass is 9.77. The highest BCUT2D eigenvalue weighted by molar-refractivity contribution is 6.62. The smallest absolute Gasteiger partial charge is 0.488 e. The van der Waals surface area contributed by atoms with Gasteiger partial charge in [0.15, 0.2) is 0 Å². The summed E-state index contributed by atoms with van der Waals surface area (Å²) in [5.41, 5.74) is 6.11. The summed E-state index contributed by atoms with van der Waals surface area (Å²) in [6.07, 6.45) is 0. The van der Waals surface area contributed by atoms with Crippen LogP contribution in [0.2, 0.25) is 0 Å². The first-order valence-corrected chi connectivity index (χ1v) is 10.8. The molecule has 5 heteroatoms. The lowest BCUT2D eigenvalue weighted by molar-refractivity contribution is 0.00578. The van der Waals surface area contributed by atoms with Gasteiger partial charge in [0, 0.05) is 22.3 Å². The third kappa shape index (κ3) is 3.34. The van der Waals surface area contributed by atoms with E-state index in [9.17, 15) is 0 Å². The molecule has 0 bridgehead atoms. The summed E-state index contributed by atoms with van der Waals surface area (Å²) in [5, 5.41) is 0. The molecule has 0 saturated carbocycles. The van der Waals surface area contributed by atoms with Gasteiger partial charge in [0.2, 0.25) is 0 Å². The van der Waals surface area contributed by atoms with E-state index >= 15 is 0 Å². The molecule has 0 aliphatic carbocycles. The summed E-state index contributed by atoms with van der Waals surface area (Å²) in [7, 11) is -0.388. The molecule has 3 aliphatic heterocycles. The summed E-state index contributed by atoms with van der Waals surface area (Å²) in [4.78, 5) is 0. The van der Waals surface area contributed by atoms with Crippen LogP contribution in [0.4, 0.5) is 0 Å². The summed E-state index contributed by atoms with van der Waals surface area (Å²) in [6, 6.07) is 12.6. The van der Waals surface area contributed by atoms with Crippen molar-refractivity contribution in [2.45, 2.75) is 59.7 Å². The highest BCUT2D eigenvalue weighted by Gasteiger charge is 2.51. The van der Waals surface area contributed by atoms with E-state index in [2.05, 4.69) is 65.0 Å². The summed E-state index contributed by atoms with van der Waals surface area (Å²) in [6.45, 7) is 15.5. The first kappa shape index (κ1) is 21.0. The second-order valence-corrected chi connectivity index (χ2v) is 8.88. The Bertz CT molecular complexity index is 990. The largest absolute Gasteiger partial charge is 0.494 e. The van der Waals surface area contributed by atoms with Crippen LogP contribution < -0.4 is 14.9 Å².